The van der Waals surface area contributed by atoms with Crippen LogP contribution in [-0.2, 0) is 25.7 Å². The van der Waals surface area contributed by atoms with Crippen LogP contribution < -0.4 is 10.6 Å². The van der Waals surface area contributed by atoms with Crippen molar-refractivity contribution in [1.29, 1.82) is 10.5 Å². The maximum atomic E-state index is 10.4. The Balaban J connectivity index is 1.97. The van der Waals surface area contributed by atoms with E-state index in [4.69, 9.17) is 4.98 Å². The van der Waals surface area contributed by atoms with Crippen LogP contribution in [0.4, 0.5) is 33.7 Å². The minimum absolute atomic E-state index is 0.389. The molecule has 0 amide bonds. The average Bonchev–Trinajstić information content (AvgIpc) is 3.36. The van der Waals surface area contributed by atoms with Crippen LogP contribution in [-0.4, -0.2) is 9.36 Å². The highest BCUT2D eigenvalue weighted by atomic mass is 32.1. The third kappa shape index (κ3) is 6.43. The minimum Gasteiger partial charge on any atom is -0.339 e. The molecule has 0 aliphatic carbocycles. The van der Waals surface area contributed by atoms with Crippen molar-refractivity contribution in [3.63, 3.8) is 0 Å². The highest BCUT2D eigenvalue weighted by Gasteiger charge is 2.22. The highest BCUT2D eigenvalue weighted by molar-refractivity contribution is 7.10. The van der Waals surface area contributed by atoms with Crippen LogP contribution in [0.1, 0.15) is 83.5 Å². The molecular formula is C34H38N8S. The van der Waals surface area contributed by atoms with Crippen LogP contribution in [0.25, 0.3) is 0 Å². The van der Waals surface area contributed by atoms with Crippen molar-refractivity contribution in [2.75, 3.05) is 10.6 Å². The predicted octanol–water partition coefficient (Wildman–Crippen LogP) is 9.67. The van der Waals surface area contributed by atoms with Gasteiger partial charge in [-0.1, -0.05) is 63.1 Å². The third-order valence-electron chi connectivity index (χ3n) is 7.63. The number of hydrogen-bond acceptors (Lipinski definition) is 9. The Bertz CT molecular complexity index is 1740. The number of aromatic nitrogens is 2. The summed E-state index contributed by atoms with van der Waals surface area (Å²) < 4.78 is 4.27. The number of pyridine rings is 1. The van der Waals surface area contributed by atoms with E-state index in [0.717, 1.165) is 48.6 Å². The zero-order valence-electron chi connectivity index (χ0n) is 26.2. The molecule has 0 bridgehead atoms. The smallest absolute Gasteiger partial charge is 0.176 e. The summed E-state index contributed by atoms with van der Waals surface area (Å²) in [6, 6.07) is 13.3. The molecule has 4 rings (SSSR count). The Morgan fingerprint density at radius 1 is 0.698 bits per heavy atom. The lowest BCUT2D eigenvalue weighted by Crippen LogP contribution is -2.09. The summed E-state index contributed by atoms with van der Waals surface area (Å²) in [4.78, 5) is 5.03. The molecule has 0 unspecified atom stereocenters. The second kappa shape index (κ2) is 13.6. The van der Waals surface area contributed by atoms with E-state index in [2.05, 4.69) is 103 Å². The van der Waals surface area contributed by atoms with E-state index in [1.807, 2.05) is 6.92 Å². The number of azo groups is 1. The molecule has 43 heavy (non-hydrogen) atoms. The average molecular weight is 591 g/mol. The Hall–Kier alpha value is -4.60. The molecule has 9 heteroatoms. The third-order valence-corrected chi connectivity index (χ3v) is 8.45. The first-order chi connectivity index (χ1) is 20.7. The van der Waals surface area contributed by atoms with Crippen molar-refractivity contribution in [3.05, 3.63) is 80.0 Å². The molecule has 0 spiro atoms. The fraction of sp³-hybridized carbons (Fsp3) is 0.353. The molecule has 2 N–H and O–H groups in total. The predicted molar refractivity (Wildman–Crippen MR) is 176 cm³/mol. The van der Waals surface area contributed by atoms with Gasteiger partial charge in [-0.25, -0.2) is 4.98 Å². The standard InChI is InChI=1S/C34H38N8S/c1-9-23-13-19(5)14-24(10-2)30(23)37-32-27(17-35)21(7)29(40-41-34-28(18-36)22(8)42-43-34)33(39-32)38-31-25(11-3)15-20(6)16-26(31)12-4/h13-16H,9-12H2,1-8H3,(H2,37,38,39). The second-order valence-corrected chi connectivity index (χ2v) is 11.4. The van der Waals surface area contributed by atoms with Gasteiger partial charge < -0.3 is 10.6 Å². The van der Waals surface area contributed by atoms with Crippen LogP contribution in [0.15, 0.2) is 34.5 Å². The Labute approximate surface area is 258 Å². The lowest BCUT2D eigenvalue weighted by Gasteiger charge is -2.21. The minimum atomic E-state index is 0.389. The van der Waals surface area contributed by atoms with Gasteiger partial charge in [0, 0.05) is 16.9 Å². The van der Waals surface area contributed by atoms with Crippen molar-refractivity contribution in [3.8, 4) is 12.1 Å². The van der Waals surface area contributed by atoms with Gasteiger partial charge in [0.25, 0.3) is 0 Å². The van der Waals surface area contributed by atoms with Crippen LogP contribution >= 0.6 is 11.5 Å². The van der Waals surface area contributed by atoms with Crippen molar-refractivity contribution in [2.45, 2.75) is 81.1 Å². The van der Waals surface area contributed by atoms with Gasteiger partial charge in [0.1, 0.15) is 23.4 Å². The topological polar surface area (TPSA) is 122 Å². The van der Waals surface area contributed by atoms with E-state index < -0.39 is 0 Å². The number of benzene rings is 2. The van der Waals surface area contributed by atoms with Crippen LogP contribution in [0, 0.1) is 50.4 Å². The van der Waals surface area contributed by atoms with Gasteiger partial charge in [-0.3, -0.25) is 0 Å². The van der Waals surface area contributed by atoms with E-state index in [1.54, 1.807) is 6.92 Å². The van der Waals surface area contributed by atoms with Crippen molar-refractivity contribution in [2.24, 2.45) is 10.2 Å². The Morgan fingerprint density at radius 3 is 1.60 bits per heavy atom. The van der Waals surface area contributed by atoms with E-state index in [-0.39, 0.29) is 0 Å². The maximum absolute atomic E-state index is 10.4. The molecule has 0 fully saturated rings. The lowest BCUT2D eigenvalue weighted by atomic mass is 9.99. The molecule has 0 aliphatic rings. The monoisotopic (exact) mass is 590 g/mol. The summed E-state index contributed by atoms with van der Waals surface area (Å²) in [6.07, 6.45) is 3.35. The molecule has 0 atom stereocenters. The largest absolute Gasteiger partial charge is 0.339 e. The first-order valence-electron chi connectivity index (χ1n) is 14.7. The molecule has 0 saturated heterocycles. The lowest BCUT2D eigenvalue weighted by molar-refractivity contribution is 1.07. The number of aryl methyl sites for hydroxylation is 7. The number of rotatable bonds is 10. The van der Waals surface area contributed by atoms with E-state index >= 15 is 0 Å². The van der Waals surface area contributed by atoms with E-state index in [9.17, 15) is 10.5 Å². The van der Waals surface area contributed by atoms with Gasteiger partial charge in [0.05, 0.1) is 11.3 Å². The quantitative estimate of drug-likeness (QED) is 0.177. The van der Waals surface area contributed by atoms with Gasteiger partial charge in [0.2, 0.25) is 0 Å². The molecule has 2 aromatic heterocycles. The molecular weight excluding hydrogens is 552 g/mol. The molecule has 0 aliphatic heterocycles. The van der Waals surface area contributed by atoms with E-state index in [0.29, 0.717) is 44.7 Å². The molecule has 4 aromatic rings. The number of hydrogen-bond donors (Lipinski definition) is 2. The Kier molecular flexibility index (Phi) is 9.90. The van der Waals surface area contributed by atoms with Gasteiger partial charge in [-0.15, -0.1) is 10.2 Å². The first kappa shape index (κ1) is 31.3. The molecule has 8 nitrogen and oxygen atoms in total. The summed E-state index contributed by atoms with van der Waals surface area (Å²) in [6.45, 7) is 16.4. The van der Waals surface area contributed by atoms with E-state index in [1.165, 1.54) is 33.4 Å². The highest BCUT2D eigenvalue weighted by Crippen LogP contribution is 2.40. The van der Waals surface area contributed by atoms with Gasteiger partial charge in [-0.2, -0.15) is 14.9 Å². The van der Waals surface area contributed by atoms with Crippen molar-refractivity contribution in [1.82, 2.24) is 9.36 Å². The number of nitrogens with zero attached hydrogens (tertiary/aromatic N) is 6. The normalized spacial score (nSPS) is 11.0. The van der Waals surface area contributed by atoms with Gasteiger partial charge in [-0.05, 0) is 87.2 Å². The summed E-state index contributed by atoms with van der Waals surface area (Å²) in [5, 5.41) is 36.6. The summed E-state index contributed by atoms with van der Waals surface area (Å²) in [5.41, 5.74) is 11.5. The van der Waals surface area contributed by atoms with Crippen molar-refractivity contribution < 1.29 is 0 Å². The number of anilines is 4. The first-order valence-corrected chi connectivity index (χ1v) is 15.5. The maximum Gasteiger partial charge on any atom is 0.176 e. The fourth-order valence-corrected chi connectivity index (χ4v) is 6.01. The van der Waals surface area contributed by atoms with Crippen LogP contribution in [0.5, 0.6) is 0 Å². The van der Waals surface area contributed by atoms with Crippen LogP contribution in [0.2, 0.25) is 0 Å². The van der Waals surface area contributed by atoms with Crippen LogP contribution in [0.3, 0.4) is 0 Å². The zero-order valence-corrected chi connectivity index (χ0v) is 27.0. The van der Waals surface area contributed by atoms with Gasteiger partial charge in [0.15, 0.2) is 16.6 Å². The summed E-state index contributed by atoms with van der Waals surface area (Å²) >= 11 is 1.12. The zero-order chi connectivity index (χ0) is 31.3. The molecule has 2 aromatic carbocycles. The molecule has 0 saturated carbocycles. The Morgan fingerprint density at radius 2 is 1.16 bits per heavy atom. The molecule has 0 radical (unpaired) electrons. The number of nitrogens with one attached hydrogen (secondary N) is 2. The summed E-state index contributed by atoms with van der Waals surface area (Å²) in [5.74, 6) is 0.947. The summed E-state index contributed by atoms with van der Waals surface area (Å²) in [7, 11) is 0. The molecule has 2 heterocycles. The molecule has 220 valence electrons. The number of nitriles is 2. The second-order valence-electron chi connectivity index (χ2n) is 10.6. The van der Waals surface area contributed by atoms with Crippen molar-refractivity contribution >= 4 is 45.2 Å². The van der Waals surface area contributed by atoms with Gasteiger partial charge >= 0.3 is 0 Å². The fourth-order valence-electron chi connectivity index (χ4n) is 5.34. The SMILES string of the molecule is CCc1cc(C)cc(CC)c1Nc1nc(Nc2c(CC)cc(C)cc2CC)c(N=Nc2snc(C)c2C#N)c(C)c1C#N.